The lowest BCUT2D eigenvalue weighted by atomic mass is 10.1. The molecule has 0 aliphatic carbocycles. The van der Waals surface area contributed by atoms with Gasteiger partial charge in [-0.1, -0.05) is 24.3 Å². The maximum atomic E-state index is 13.9. The van der Waals surface area contributed by atoms with Gasteiger partial charge in [0.2, 0.25) is 5.89 Å². The predicted molar refractivity (Wildman–Crippen MR) is 94.2 cm³/mol. The lowest BCUT2D eigenvalue weighted by Gasteiger charge is -2.07. The molecule has 3 rings (SSSR count). The van der Waals surface area contributed by atoms with Crippen LogP contribution in [0, 0.1) is 5.82 Å². The van der Waals surface area contributed by atoms with Crippen LogP contribution >= 0.6 is 0 Å². The summed E-state index contributed by atoms with van der Waals surface area (Å²) in [5.41, 5.74) is 0.802. The number of halogens is 1. The van der Waals surface area contributed by atoms with Crippen LogP contribution < -0.4 is 0 Å². The number of hydrogen-bond acceptors (Lipinski definition) is 6. The minimum absolute atomic E-state index is 0.136. The second kappa shape index (κ2) is 8.27. The molecular formula is C20H16FNO5. The summed E-state index contributed by atoms with van der Waals surface area (Å²) in [6.45, 7) is 1.36. The molecule has 0 radical (unpaired) electrons. The van der Waals surface area contributed by atoms with Crippen LogP contribution in [0.25, 0.3) is 22.8 Å². The summed E-state index contributed by atoms with van der Waals surface area (Å²) in [4.78, 5) is 27.8. The molecule has 7 heteroatoms. The molecule has 0 fully saturated rings. The summed E-state index contributed by atoms with van der Waals surface area (Å²) >= 11 is 0. The number of ether oxygens (including phenoxy) is 2. The second-order valence-corrected chi connectivity index (χ2v) is 5.44. The number of nitrogens with zero attached hydrogens (tertiary/aromatic N) is 1. The average molecular weight is 369 g/mol. The summed E-state index contributed by atoms with van der Waals surface area (Å²) < 4.78 is 29.3. The van der Waals surface area contributed by atoms with Crippen LogP contribution in [0.4, 0.5) is 4.39 Å². The smallest absolute Gasteiger partial charge is 0.344 e. The van der Waals surface area contributed by atoms with Crippen molar-refractivity contribution in [2.45, 2.75) is 6.92 Å². The number of esters is 2. The van der Waals surface area contributed by atoms with Crippen LogP contribution in [-0.2, 0) is 14.3 Å². The highest BCUT2D eigenvalue weighted by molar-refractivity contribution is 5.97. The summed E-state index contributed by atoms with van der Waals surface area (Å²) in [6, 6.07) is 12.6. The van der Waals surface area contributed by atoms with Gasteiger partial charge in [0.15, 0.2) is 12.4 Å². The highest BCUT2D eigenvalue weighted by atomic mass is 19.1. The molecule has 0 amide bonds. The summed E-state index contributed by atoms with van der Waals surface area (Å²) in [7, 11) is 0. The molecule has 0 spiro atoms. The Kier molecular flexibility index (Phi) is 5.61. The Morgan fingerprint density at radius 2 is 1.74 bits per heavy atom. The van der Waals surface area contributed by atoms with Crippen molar-refractivity contribution in [2.75, 3.05) is 13.2 Å². The molecule has 0 unspecified atom stereocenters. The number of carbonyl (C=O) groups is 2. The number of oxazole rings is 1. The first-order valence-corrected chi connectivity index (χ1v) is 8.23. The zero-order chi connectivity index (χ0) is 19.2. The van der Waals surface area contributed by atoms with Crippen LogP contribution in [0.1, 0.15) is 17.3 Å². The molecule has 2 aromatic carbocycles. The van der Waals surface area contributed by atoms with Gasteiger partial charge in [-0.25, -0.2) is 19.0 Å². The van der Waals surface area contributed by atoms with E-state index in [2.05, 4.69) is 4.98 Å². The average Bonchev–Trinajstić information content (AvgIpc) is 3.16. The van der Waals surface area contributed by atoms with E-state index in [1.807, 2.05) is 0 Å². The van der Waals surface area contributed by atoms with Gasteiger partial charge in [-0.15, -0.1) is 0 Å². The molecule has 0 N–H and O–H groups in total. The van der Waals surface area contributed by atoms with E-state index in [-0.39, 0.29) is 29.4 Å². The molecule has 0 saturated heterocycles. The Balaban J connectivity index is 1.85. The van der Waals surface area contributed by atoms with Gasteiger partial charge in [-0.3, -0.25) is 0 Å². The topological polar surface area (TPSA) is 78.6 Å². The second-order valence-electron chi connectivity index (χ2n) is 5.44. The summed E-state index contributed by atoms with van der Waals surface area (Å²) in [5, 5.41) is 0. The van der Waals surface area contributed by atoms with Gasteiger partial charge in [0.25, 0.3) is 0 Å². The third-order valence-electron chi connectivity index (χ3n) is 3.65. The van der Waals surface area contributed by atoms with Crippen LogP contribution in [0.3, 0.4) is 0 Å². The van der Waals surface area contributed by atoms with Crippen LogP contribution in [0.5, 0.6) is 0 Å². The molecule has 0 aliphatic rings. The normalized spacial score (nSPS) is 10.4. The Morgan fingerprint density at radius 3 is 2.48 bits per heavy atom. The van der Waals surface area contributed by atoms with Gasteiger partial charge in [-0.2, -0.15) is 0 Å². The Bertz CT molecular complexity index is 966. The number of benzene rings is 2. The Hall–Kier alpha value is -3.48. The molecule has 3 aromatic rings. The molecule has 1 aromatic heterocycles. The quantitative estimate of drug-likeness (QED) is 0.614. The highest BCUT2D eigenvalue weighted by Crippen LogP contribution is 2.29. The van der Waals surface area contributed by atoms with Gasteiger partial charge in [0.1, 0.15) is 5.82 Å². The van der Waals surface area contributed by atoms with E-state index >= 15 is 0 Å². The van der Waals surface area contributed by atoms with E-state index in [9.17, 15) is 14.0 Å². The lowest BCUT2D eigenvalue weighted by Crippen LogP contribution is -2.17. The predicted octanol–water partition coefficient (Wildman–Crippen LogP) is 3.87. The van der Waals surface area contributed by atoms with Crippen molar-refractivity contribution in [3.63, 3.8) is 0 Å². The number of hydrogen-bond donors (Lipinski definition) is 0. The first kappa shape index (κ1) is 18.3. The van der Waals surface area contributed by atoms with Crippen LogP contribution in [-0.4, -0.2) is 30.1 Å². The van der Waals surface area contributed by atoms with Crippen molar-refractivity contribution in [1.29, 1.82) is 0 Å². The first-order chi connectivity index (χ1) is 13.1. The van der Waals surface area contributed by atoms with E-state index in [1.165, 1.54) is 18.3 Å². The number of carbonyl (C=O) groups excluding carboxylic acids is 2. The molecule has 0 aliphatic heterocycles. The lowest BCUT2D eigenvalue weighted by molar-refractivity contribution is -0.146. The van der Waals surface area contributed by atoms with Gasteiger partial charge in [-0.05, 0) is 31.2 Å². The molecule has 0 saturated carbocycles. The zero-order valence-electron chi connectivity index (χ0n) is 14.5. The molecular weight excluding hydrogens is 353 g/mol. The highest BCUT2D eigenvalue weighted by Gasteiger charge is 2.19. The third-order valence-corrected chi connectivity index (χ3v) is 3.65. The standard InChI is InChI=1S/C20H16FNO5/c1-2-25-18(23)12-26-20(24)14-8-4-3-7-13(14)19-22-11-17(27-19)15-9-5-6-10-16(15)21/h3-11H,2,12H2,1H3. The van der Waals surface area contributed by atoms with Crippen LogP contribution in [0.2, 0.25) is 0 Å². The Labute approximate surface area is 154 Å². The van der Waals surface area contributed by atoms with E-state index in [4.69, 9.17) is 13.9 Å². The van der Waals surface area contributed by atoms with Gasteiger partial charge >= 0.3 is 11.9 Å². The van der Waals surface area contributed by atoms with Gasteiger partial charge in [0, 0.05) is 0 Å². The van der Waals surface area contributed by atoms with Gasteiger partial charge < -0.3 is 13.9 Å². The SMILES string of the molecule is CCOC(=O)COC(=O)c1ccccc1-c1ncc(-c2ccccc2F)o1. The van der Waals surface area contributed by atoms with Crippen molar-refractivity contribution in [2.24, 2.45) is 0 Å². The minimum atomic E-state index is -0.718. The maximum Gasteiger partial charge on any atom is 0.344 e. The summed E-state index contributed by atoms with van der Waals surface area (Å²) in [5.74, 6) is -1.43. The number of aromatic nitrogens is 1. The van der Waals surface area contributed by atoms with Crippen molar-refractivity contribution in [1.82, 2.24) is 4.98 Å². The van der Waals surface area contributed by atoms with Crippen molar-refractivity contribution in [3.8, 4) is 22.8 Å². The first-order valence-electron chi connectivity index (χ1n) is 8.23. The fourth-order valence-corrected chi connectivity index (χ4v) is 2.44. The summed E-state index contributed by atoms with van der Waals surface area (Å²) in [6.07, 6.45) is 1.38. The zero-order valence-corrected chi connectivity index (χ0v) is 14.5. The minimum Gasteiger partial charge on any atom is -0.463 e. The van der Waals surface area contributed by atoms with Crippen molar-refractivity contribution >= 4 is 11.9 Å². The van der Waals surface area contributed by atoms with Crippen molar-refractivity contribution < 1.29 is 27.9 Å². The van der Waals surface area contributed by atoms with Crippen molar-refractivity contribution in [3.05, 3.63) is 66.1 Å². The molecule has 6 nitrogen and oxygen atoms in total. The molecule has 0 bridgehead atoms. The van der Waals surface area contributed by atoms with E-state index in [0.717, 1.165) is 0 Å². The molecule has 1 heterocycles. The van der Waals surface area contributed by atoms with Crippen LogP contribution in [0.15, 0.2) is 59.1 Å². The molecule has 138 valence electrons. The van der Waals surface area contributed by atoms with E-state index < -0.39 is 24.4 Å². The largest absolute Gasteiger partial charge is 0.463 e. The van der Waals surface area contributed by atoms with E-state index in [1.54, 1.807) is 43.3 Å². The molecule has 27 heavy (non-hydrogen) atoms. The Morgan fingerprint density at radius 1 is 1.04 bits per heavy atom. The van der Waals surface area contributed by atoms with E-state index in [0.29, 0.717) is 5.56 Å². The third kappa shape index (κ3) is 4.20. The molecule has 0 atom stereocenters. The monoisotopic (exact) mass is 369 g/mol. The fourth-order valence-electron chi connectivity index (χ4n) is 2.44. The van der Waals surface area contributed by atoms with Gasteiger partial charge in [0.05, 0.1) is 29.5 Å². The fraction of sp³-hybridized carbons (Fsp3) is 0.150. The number of rotatable bonds is 6. The maximum absolute atomic E-state index is 13.9.